The first-order valence-corrected chi connectivity index (χ1v) is 12.3. The predicted octanol–water partition coefficient (Wildman–Crippen LogP) is 5.65. The second-order valence-corrected chi connectivity index (χ2v) is 9.43. The molecular formula is C26H27NO3S2. The number of rotatable bonds is 9. The normalized spacial score (nSPS) is 16.1. The number of thioether (sulfide) groups is 1. The lowest BCUT2D eigenvalue weighted by molar-refractivity contribution is -0.126. The second kappa shape index (κ2) is 10.4. The topological polar surface area (TPSA) is 38.8 Å². The Morgan fingerprint density at radius 2 is 1.75 bits per heavy atom. The van der Waals surface area contributed by atoms with Crippen molar-refractivity contribution < 1.29 is 14.3 Å². The van der Waals surface area contributed by atoms with Crippen LogP contribution in [0.15, 0.2) is 60.7 Å². The van der Waals surface area contributed by atoms with Gasteiger partial charge in [-0.25, -0.2) is 0 Å². The molecule has 166 valence electrons. The van der Waals surface area contributed by atoms with E-state index in [0.717, 1.165) is 34.3 Å². The van der Waals surface area contributed by atoms with Gasteiger partial charge in [-0.1, -0.05) is 66.4 Å². The van der Waals surface area contributed by atoms with Crippen LogP contribution in [0.5, 0.6) is 11.5 Å². The molecule has 1 saturated heterocycles. The van der Waals surface area contributed by atoms with Crippen LogP contribution in [-0.2, 0) is 17.6 Å². The zero-order chi connectivity index (χ0) is 22.5. The third kappa shape index (κ3) is 4.92. The number of fused-ring (bicyclic) bond motifs is 1. The maximum absolute atomic E-state index is 13.3. The van der Waals surface area contributed by atoms with Crippen molar-refractivity contribution in [1.29, 1.82) is 0 Å². The third-order valence-electron chi connectivity index (χ3n) is 5.53. The summed E-state index contributed by atoms with van der Waals surface area (Å²) in [4.78, 5) is 15.0. The van der Waals surface area contributed by atoms with E-state index in [1.54, 1.807) is 4.90 Å². The Bertz CT molecular complexity index is 1110. The van der Waals surface area contributed by atoms with Gasteiger partial charge in [-0.05, 0) is 61.2 Å². The van der Waals surface area contributed by atoms with Gasteiger partial charge in [0.2, 0.25) is 5.91 Å². The van der Waals surface area contributed by atoms with Gasteiger partial charge in [-0.3, -0.25) is 9.69 Å². The molecule has 0 radical (unpaired) electrons. The van der Waals surface area contributed by atoms with Gasteiger partial charge in [0.15, 0.2) is 0 Å². The van der Waals surface area contributed by atoms with Crippen LogP contribution in [0.1, 0.15) is 25.0 Å². The minimum absolute atomic E-state index is 0.0799. The predicted molar refractivity (Wildman–Crippen MR) is 136 cm³/mol. The van der Waals surface area contributed by atoms with Crippen LogP contribution in [0, 0.1) is 0 Å². The summed E-state index contributed by atoms with van der Waals surface area (Å²) in [7, 11) is 0. The van der Waals surface area contributed by atoms with E-state index in [-0.39, 0.29) is 11.2 Å². The average Bonchev–Trinajstić information content (AvgIpc) is 3.07. The smallest absolute Gasteiger partial charge is 0.241 e. The Labute approximate surface area is 198 Å². The second-order valence-electron chi connectivity index (χ2n) is 7.59. The molecule has 32 heavy (non-hydrogen) atoms. The van der Waals surface area contributed by atoms with E-state index in [1.165, 1.54) is 17.3 Å². The van der Waals surface area contributed by atoms with Crippen molar-refractivity contribution in [3.05, 3.63) is 71.8 Å². The zero-order valence-electron chi connectivity index (χ0n) is 18.4. The van der Waals surface area contributed by atoms with E-state index >= 15 is 0 Å². The maximum Gasteiger partial charge on any atom is 0.241 e. The summed E-state index contributed by atoms with van der Waals surface area (Å²) in [6, 6.07) is 20.3. The molecule has 0 N–H and O–H groups in total. The largest absolute Gasteiger partial charge is 0.494 e. The summed E-state index contributed by atoms with van der Waals surface area (Å²) in [6.07, 6.45) is 1.35. The fraction of sp³-hybridized carbons (Fsp3) is 0.308. The molecule has 1 heterocycles. The lowest BCUT2D eigenvalue weighted by atomic mass is 9.98. The van der Waals surface area contributed by atoms with Crippen molar-refractivity contribution in [3.63, 3.8) is 0 Å². The zero-order valence-corrected chi connectivity index (χ0v) is 20.0. The number of thiocarbonyl (C=S) groups is 1. The fourth-order valence-corrected chi connectivity index (χ4v) is 5.56. The fourth-order valence-electron chi connectivity index (χ4n) is 4.00. The number of carbonyl (C=O) groups is 1. The Kier molecular flexibility index (Phi) is 7.33. The Morgan fingerprint density at radius 3 is 2.50 bits per heavy atom. The van der Waals surface area contributed by atoms with Gasteiger partial charge in [0.05, 0.1) is 18.5 Å². The molecule has 0 aromatic heterocycles. The Morgan fingerprint density at radius 1 is 1.00 bits per heavy atom. The lowest BCUT2D eigenvalue weighted by Crippen LogP contribution is -2.33. The molecule has 0 saturated carbocycles. The number of hydrogen-bond acceptors (Lipinski definition) is 5. The number of carbonyl (C=O) groups excluding carboxylic acids is 1. The van der Waals surface area contributed by atoms with Crippen molar-refractivity contribution in [3.8, 4) is 11.5 Å². The van der Waals surface area contributed by atoms with Crippen molar-refractivity contribution in [2.45, 2.75) is 31.9 Å². The van der Waals surface area contributed by atoms with Gasteiger partial charge in [0.1, 0.15) is 15.8 Å². The summed E-state index contributed by atoms with van der Waals surface area (Å²) in [5.41, 5.74) is 2.23. The SMILES string of the molecule is CCOc1ccc2ccc(OCC)c(C[C@@H]3SC(=S)N(CCc4ccccc4)C3=O)c2c1. The van der Waals surface area contributed by atoms with E-state index in [4.69, 9.17) is 21.7 Å². The molecule has 1 aliphatic heterocycles. The van der Waals surface area contributed by atoms with Crippen LogP contribution in [0.25, 0.3) is 10.8 Å². The monoisotopic (exact) mass is 465 g/mol. The Hall–Kier alpha value is -2.57. The van der Waals surface area contributed by atoms with Crippen LogP contribution < -0.4 is 9.47 Å². The molecule has 4 rings (SSSR count). The molecule has 0 unspecified atom stereocenters. The summed E-state index contributed by atoms with van der Waals surface area (Å²) in [5.74, 6) is 1.72. The first-order chi connectivity index (χ1) is 15.6. The number of ether oxygens (including phenoxy) is 2. The molecule has 6 heteroatoms. The van der Waals surface area contributed by atoms with Crippen LogP contribution >= 0.6 is 24.0 Å². The van der Waals surface area contributed by atoms with Crippen molar-refractivity contribution >= 4 is 45.0 Å². The van der Waals surface area contributed by atoms with E-state index in [9.17, 15) is 4.79 Å². The van der Waals surface area contributed by atoms with Crippen molar-refractivity contribution in [1.82, 2.24) is 4.90 Å². The third-order valence-corrected chi connectivity index (χ3v) is 7.12. The molecule has 3 aromatic carbocycles. The molecule has 4 nitrogen and oxygen atoms in total. The quantitative estimate of drug-likeness (QED) is 0.382. The highest BCUT2D eigenvalue weighted by Gasteiger charge is 2.37. The molecular weight excluding hydrogens is 438 g/mol. The summed E-state index contributed by atoms with van der Waals surface area (Å²) in [6.45, 7) is 5.72. The maximum atomic E-state index is 13.3. The van der Waals surface area contributed by atoms with E-state index in [2.05, 4.69) is 24.3 Å². The molecule has 3 aromatic rings. The first kappa shape index (κ1) is 22.6. The Balaban J connectivity index is 1.59. The van der Waals surface area contributed by atoms with Gasteiger partial charge in [0, 0.05) is 12.1 Å². The van der Waals surface area contributed by atoms with Crippen LogP contribution in [0.4, 0.5) is 0 Å². The van der Waals surface area contributed by atoms with Crippen molar-refractivity contribution in [2.75, 3.05) is 19.8 Å². The van der Waals surface area contributed by atoms with Gasteiger partial charge >= 0.3 is 0 Å². The highest BCUT2D eigenvalue weighted by atomic mass is 32.2. The van der Waals surface area contributed by atoms with Gasteiger partial charge < -0.3 is 9.47 Å². The molecule has 1 atom stereocenters. The molecule has 0 bridgehead atoms. The minimum atomic E-state index is -0.251. The molecule has 1 fully saturated rings. The minimum Gasteiger partial charge on any atom is -0.494 e. The molecule has 0 spiro atoms. The number of nitrogens with zero attached hydrogens (tertiary/aromatic N) is 1. The first-order valence-electron chi connectivity index (χ1n) is 11.0. The van der Waals surface area contributed by atoms with Crippen LogP contribution in [0.2, 0.25) is 0 Å². The van der Waals surface area contributed by atoms with Gasteiger partial charge in [-0.15, -0.1) is 0 Å². The van der Waals surface area contributed by atoms with Gasteiger partial charge in [0.25, 0.3) is 0 Å². The van der Waals surface area contributed by atoms with Gasteiger partial charge in [-0.2, -0.15) is 0 Å². The average molecular weight is 466 g/mol. The number of benzene rings is 3. The highest BCUT2D eigenvalue weighted by Crippen LogP contribution is 2.37. The summed E-state index contributed by atoms with van der Waals surface area (Å²) in [5, 5.41) is 1.91. The number of hydrogen-bond donors (Lipinski definition) is 0. The molecule has 1 aliphatic rings. The number of amides is 1. The summed E-state index contributed by atoms with van der Waals surface area (Å²) >= 11 is 7.06. The standard InChI is InChI=1S/C26H27NO3S2/c1-3-29-20-12-10-19-11-13-23(30-4-2)22(21(19)16-20)17-24-25(28)27(26(31)32-24)15-14-18-8-6-5-7-9-18/h5-13,16,24H,3-4,14-15,17H2,1-2H3/t24-/m0/s1. The molecule has 1 amide bonds. The molecule has 0 aliphatic carbocycles. The van der Waals surface area contributed by atoms with Crippen molar-refractivity contribution in [2.24, 2.45) is 0 Å². The lowest BCUT2D eigenvalue weighted by Gasteiger charge is -2.18. The highest BCUT2D eigenvalue weighted by molar-refractivity contribution is 8.24. The van der Waals surface area contributed by atoms with Crippen LogP contribution in [-0.4, -0.2) is 40.1 Å². The summed E-state index contributed by atoms with van der Waals surface area (Å²) < 4.78 is 12.3. The van der Waals surface area contributed by atoms with E-state index in [1.807, 2.05) is 50.2 Å². The van der Waals surface area contributed by atoms with E-state index < -0.39 is 0 Å². The van der Waals surface area contributed by atoms with Crippen LogP contribution in [0.3, 0.4) is 0 Å². The van der Waals surface area contributed by atoms with E-state index in [0.29, 0.717) is 30.5 Å².